The predicted octanol–water partition coefficient (Wildman–Crippen LogP) is 2.81. The summed E-state index contributed by atoms with van der Waals surface area (Å²) in [6.07, 6.45) is 2.69. The second-order valence-electron chi connectivity index (χ2n) is 5.04. The van der Waals surface area contributed by atoms with Gasteiger partial charge in [-0.05, 0) is 31.9 Å². The zero-order chi connectivity index (χ0) is 13.7. The van der Waals surface area contributed by atoms with Gasteiger partial charge in [0.1, 0.15) is 0 Å². The topological polar surface area (TPSA) is 64.9 Å². The molecule has 0 aliphatic heterocycles. The summed E-state index contributed by atoms with van der Waals surface area (Å²) in [6.45, 7) is 4.88. The molecular weight excluding hydrogens is 238 g/mol. The molecule has 0 saturated carbocycles. The van der Waals surface area contributed by atoms with E-state index in [4.69, 9.17) is 10.3 Å². The molecule has 102 valence electrons. The zero-order valence-corrected chi connectivity index (χ0v) is 11.6. The number of aromatic nitrogens is 2. The summed E-state index contributed by atoms with van der Waals surface area (Å²) >= 11 is 0. The Morgan fingerprint density at radius 1 is 1.26 bits per heavy atom. The van der Waals surface area contributed by atoms with Gasteiger partial charge in [0.25, 0.3) is 0 Å². The van der Waals surface area contributed by atoms with Gasteiger partial charge < -0.3 is 10.3 Å². The van der Waals surface area contributed by atoms with Crippen molar-refractivity contribution in [3.63, 3.8) is 0 Å². The van der Waals surface area contributed by atoms with Gasteiger partial charge in [-0.15, -0.1) is 0 Å². The summed E-state index contributed by atoms with van der Waals surface area (Å²) in [4.78, 5) is 4.46. The van der Waals surface area contributed by atoms with Crippen molar-refractivity contribution >= 4 is 0 Å². The van der Waals surface area contributed by atoms with Crippen LogP contribution >= 0.6 is 0 Å². The second-order valence-corrected chi connectivity index (χ2v) is 5.04. The van der Waals surface area contributed by atoms with E-state index in [9.17, 15) is 0 Å². The van der Waals surface area contributed by atoms with Crippen molar-refractivity contribution in [2.75, 3.05) is 6.54 Å². The summed E-state index contributed by atoms with van der Waals surface area (Å²) in [5, 5.41) is 4.05. The molecule has 0 radical (unpaired) electrons. The Morgan fingerprint density at radius 3 is 2.68 bits per heavy atom. The Kier molecular flexibility index (Phi) is 4.68. The molecule has 0 aliphatic carbocycles. The smallest absolute Gasteiger partial charge is 0.229 e. The first kappa shape index (κ1) is 13.7. The van der Waals surface area contributed by atoms with E-state index in [2.05, 4.69) is 48.3 Å². The molecule has 1 atom stereocenters. The lowest BCUT2D eigenvalue weighted by molar-refractivity contribution is 0.349. The van der Waals surface area contributed by atoms with Crippen LogP contribution in [0.15, 0.2) is 28.8 Å². The highest BCUT2D eigenvalue weighted by Crippen LogP contribution is 2.19. The first-order valence-corrected chi connectivity index (χ1v) is 6.77. The minimum absolute atomic E-state index is 0.280. The average Bonchev–Trinajstić information content (AvgIpc) is 2.87. The molecule has 0 aliphatic rings. The van der Waals surface area contributed by atoms with Gasteiger partial charge in [0.2, 0.25) is 5.89 Å². The van der Waals surface area contributed by atoms with E-state index in [-0.39, 0.29) is 5.92 Å². The van der Waals surface area contributed by atoms with E-state index in [1.54, 1.807) is 0 Å². The van der Waals surface area contributed by atoms with Crippen LogP contribution in [0.1, 0.15) is 48.5 Å². The first-order valence-electron chi connectivity index (χ1n) is 6.77. The highest BCUT2D eigenvalue weighted by atomic mass is 16.5. The van der Waals surface area contributed by atoms with Gasteiger partial charge in [0.05, 0.1) is 0 Å². The van der Waals surface area contributed by atoms with Crippen LogP contribution in [0.5, 0.6) is 0 Å². The van der Waals surface area contributed by atoms with Crippen molar-refractivity contribution in [3.8, 4) is 0 Å². The number of nitrogens with two attached hydrogens (primary N) is 1. The first-order chi connectivity index (χ1) is 9.19. The number of hydrogen-bond donors (Lipinski definition) is 1. The quantitative estimate of drug-likeness (QED) is 0.866. The van der Waals surface area contributed by atoms with E-state index in [1.807, 2.05) is 0 Å². The van der Waals surface area contributed by atoms with Gasteiger partial charge in [-0.1, -0.05) is 41.9 Å². The molecule has 1 heterocycles. The van der Waals surface area contributed by atoms with Crippen molar-refractivity contribution in [1.29, 1.82) is 0 Å². The lowest BCUT2D eigenvalue weighted by atomic mass is 10.1. The van der Waals surface area contributed by atoms with Gasteiger partial charge in [0.15, 0.2) is 5.82 Å². The molecule has 2 rings (SSSR count). The summed E-state index contributed by atoms with van der Waals surface area (Å²) in [5.41, 5.74) is 7.97. The third kappa shape index (κ3) is 3.89. The molecule has 0 bridgehead atoms. The third-order valence-electron chi connectivity index (χ3n) is 3.23. The molecule has 1 unspecified atom stereocenters. The SMILES string of the molecule is Cc1ccc(Cc2noc(C(C)CCCN)n2)cc1. The number of rotatable bonds is 6. The highest BCUT2D eigenvalue weighted by Gasteiger charge is 2.13. The molecule has 0 saturated heterocycles. The van der Waals surface area contributed by atoms with Crippen LogP contribution in [-0.4, -0.2) is 16.7 Å². The summed E-state index contributed by atoms with van der Waals surface area (Å²) in [5.74, 6) is 1.75. The van der Waals surface area contributed by atoms with Crippen LogP contribution in [0.4, 0.5) is 0 Å². The molecule has 0 fully saturated rings. The Labute approximate surface area is 114 Å². The lowest BCUT2D eigenvalue weighted by Gasteiger charge is -2.03. The monoisotopic (exact) mass is 259 g/mol. The standard InChI is InChI=1S/C15H21N3O/c1-11-5-7-13(8-6-11)10-14-17-15(19-18-14)12(2)4-3-9-16/h5-8,12H,3-4,9-10,16H2,1-2H3. The molecule has 19 heavy (non-hydrogen) atoms. The summed E-state index contributed by atoms with van der Waals surface area (Å²) in [6, 6.07) is 8.40. The highest BCUT2D eigenvalue weighted by molar-refractivity contribution is 5.23. The van der Waals surface area contributed by atoms with E-state index in [0.717, 1.165) is 24.6 Å². The lowest BCUT2D eigenvalue weighted by Crippen LogP contribution is -2.02. The number of nitrogens with zero attached hydrogens (tertiary/aromatic N) is 2. The Morgan fingerprint density at radius 2 is 2.00 bits per heavy atom. The average molecular weight is 259 g/mol. The predicted molar refractivity (Wildman–Crippen MR) is 75.0 cm³/mol. The second kappa shape index (κ2) is 6.48. The van der Waals surface area contributed by atoms with Gasteiger partial charge in [0, 0.05) is 12.3 Å². The van der Waals surface area contributed by atoms with Gasteiger partial charge in [-0.3, -0.25) is 0 Å². The van der Waals surface area contributed by atoms with Gasteiger partial charge >= 0.3 is 0 Å². The van der Waals surface area contributed by atoms with E-state index in [1.165, 1.54) is 11.1 Å². The fourth-order valence-corrected chi connectivity index (χ4v) is 1.98. The Hall–Kier alpha value is -1.68. The van der Waals surface area contributed by atoms with E-state index >= 15 is 0 Å². The molecule has 1 aromatic heterocycles. The van der Waals surface area contributed by atoms with Crippen molar-refractivity contribution < 1.29 is 4.52 Å². The molecule has 4 nitrogen and oxygen atoms in total. The largest absolute Gasteiger partial charge is 0.339 e. The molecule has 2 N–H and O–H groups in total. The van der Waals surface area contributed by atoms with Crippen LogP contribution in [-0.2, 0) is 6.42 Å². The maximum absolute atomic E-state index is 5.51. The van der Waals surface area contributed by atoms with Crippen LogP contribution in [0, 0.1) is 6.92 Å². The normalized spacial score (nSPS) is 12.6. The molecular formula is C15H21N3O. The minimum atomic E-state index is 0.280. The zero-order valence-electron chi connectivity index (χ0n) is 11.6. The molecule has 2 aromatic rings. The van der Waals surface area contributed by atoms with Crippen LogP contribution in [0.2, 0.25) is 0 Å². The van der Waals surface area contributed by atoms with Gasteiger partial charge in [-0.2, -0.15) is 4.98 Å². The molecule has 0 amide bonds. The number of aryl methyl sites for hydroxylation is 1. The maximum Gasteiger partial charge on any atom is 0.229 e. The van der Waals surface area contributed by atoms with Crippen molar-refractivity contribution in [2.24, 2.45) is 5.73 Å². The minimum Gasteiger partial charge on any atom is -0.339 e. The maximum atomic E-state index is 5.51. The van der Waals surface area contributed by atoms with E-state index in [0.29, 0.717) is 13.0 Å². The van der Waals surface area contributed by atoms with Crippen molar-refractivity contribution in [3.05, 3.63) is 47.1 Å². The molecule has 4 heteroatoms. The van der Waals surface area contributed by atoms with Crippen molar-refractivity contribution in [1.82, 2.24) is 10.1 Å². The van der Waals surface area contributed by atoms with E-state index < -0.39 is 0 Å². The number of hydrogen-bond acceptors (Lipinski definition) is 4. The molecule has 1 aromatic carbocycles. The number of benzene rings is 1. The van der Waals surface area contributed by atoms with Crippen LogP contribution in [0.25, 0.3) is 0 Å². The third-order valence-corrected chi connectivity index (χ3v) is 3.23. The Balaban J connectivity index is 1.98. The summed E-state index contributed by atoms with van der Waals surface area (Å²) in [7, 11) is 0. The Bertz CT molecular complexity index is 504. The summed E-state index contributed by atoms with van der Waals surface area (Å²) < 4.78 is 5.32. The van der Waals surface area contributed by atoms with Crippen molar-refractivity contribution in [2.45, 2.75) is 39.0 Å². The fourth-order valence-electron chi connectivity index (χ4n) is 1.98. The fraction of sp³-hybridized carbons (Fsp3) is 0.467. The van der Waals surface area contributed by atoms with Gasteiger partial charge in [-0.25, -0.2) is 0 Å². The van der Waals surface area contributed by atoms with Crippen LogP contribution in [0.3, 0.4) is 0 Å². The molecule has 0 spiro atoms. The van der Waals surface area contributed by atoms with Crippen LogP contribution < -0.4 is 5.73 Å².